The lowest BCUT2D eigenvalue weighted by Crippen LogP contribution is -2.42. The van der Waals surface area contributed by atoms with Gasteiger partial charge in [-0.2, -0.15) is 0 Å². The number of rotatable bonds is 3. The van der Waals surface area contributed by atoms with Crippen molar-refractivity contribution in [3.05, 3.63) is 35.9 Å². The summed E-state index contributed by atoms with van der Waals surface area (Å²) < 4.78 is 0. The average molecular weight is 232 g/mol. The van der Waals surface area contributed by atoms with Gasteiger partial charge in [0.15, 0.2) is 0 Å². The maximum Gasteiger partial charge on any atom is 0.237 e. The van der Waals surface area contributed by atoms with E-state index in [1.807, 2.05) is 44.3 Å². The molecule has 1 aromatic carbocycles. The molecule has 0 aliphatic carbocycles. The SMILES string of the molecule is C[C@H](NC(=O)[C@@H]1CCCN1C)c1ccccc1. The van der Waals surface area contributed by atoms with Crippen molar-refractivity contribution in [1.82, 2.24) is 10.2 Å². The molecule has 2 atom stereocenters. The van der Waals surface area contributed by atoms with Gasteiger partial charge >= 0.3 is 0 Å². The maximum absolute atomic E-state index is 12.1. The van der Waals surface area contributed by atoms with Crippen LogP contribution < -0.4 is 5.32 Å². The molecule has 0 radical (unpaired) electrons. The van der Waals surface area contributed by atoms with E-state index in [0.717, 1.165) is 24.9 Å². The minimum Gasteiger partial charge on any atom is -0.348 e. The molecule has 2 rings (SSSR count). The molecule has 0 aromatic heterocycles. The first-order valence-corrected chi connectivity index (χ1v) is 6.24. The molecule has 1 fully saturated rings. The van der Waals surface area contributed by atoms with Crippen LogP contribution in [0.15, 0.2) is 30.3 Å². The average Bonchev–Trinajstić information content (AvgIpc) is 2.76. The van der Waals surface area contributed by atoms with Crippen LogP contribution in [0.3, 0.4) is 0 Å². The Kier molecular flexibility index (Phi) is 3.79. The van der Waals surface area contributed by atoms with Crippen molar-refractivity contribution in [3.8, 4) is 0 Å². The maximum atomic E-state index is 12.1. The molecule has 3 nitrogen and oxygen atoms in total. The van der Waals surface area contributed by atoms with Gasteiger partial charge in [-0.1, -0.05) is 30.3 Å². The summed E-state index contributed by atoms with van der Waals surface area (Å²) >= 11 is 0. The molecule has 1 saturated heterocycles. The van der Waals surface area contributed by atoms with Crippen LogP contribution >= 0.6 is 0 Å². The van der Waals surface area contributed by atoms with Crippen molar-refractivity contribution in [2.45, 2.75) is 31.8 Å². The van der Waals surface area contributed by atoms with Gasteiger partial charge in [0, 0.05) is 0 Å². The van der Waals surface area contributed by atoms with Crippen molar-refractivity contribution in [2.24, 2.45) is 0 Å². The summed E-state index contributed by atoms with van der Waals surface area (Å²) in [6.45, 7) is 3.06. The van der Waals surface area contributed by atoms with Crippen molar-refractivity contribution in [2.75, 3.05) is 13.6 Å². The lowest BCUT2D eigenvalue weighted by molar-refractivity contribution is -0.125. The van der Waals surface area contributed by atoms with Gasteiger partial charge in [0.2, 0.25) is 5.91 Å². The topological polar surface area (TPSA) is 32.3 Å². The van der Waals surface area contributed by atoms with E-state index in [2.05, 4.69) is 10.2 Å². The molecule has 1 heterocycles. The highest BCUT2D eigenvalue weighted by Crippen LogP contribution is 2.17. The Bertz CT molecular complexity index is 377. The van der Waals surface area contributed by atoms with E-state index in [9.17, 15) is 4.79 Å². The summed E-state index contributed by atoms with van der Waals surface area (Å²) in [5, 5.41) is 3.09. The highest BCUT2D eigenvalue weighted by atomic mass is 16.2. The molecule has 0 unspecified atom stereocenters. The first-order valence-electron chi connectivity index (χ1n) is 6.24. The summed E-state index contributed by atoms with van der Waals surface area (Å²) in [5.41, 5.74) is 1.15. The number of likely N-dealkylation sites (tertiary alicyclic amines) is 1. The van der Waals surface area contributed by atoms with Crippen LogP contribution in [-0.4, -0.2) is 30.4 Å². The van der Waals surface area contributed by atoms with Crippen molar-refractivity contribution in [1.29, 1.82) is 0 Å². The fraction of sp³-hybridized carbons (Fsp3) is 0.500. The third kappa shape index (κ3) is 2.86. The van der Waals surface area contributed by atoms with Gasteiger partial charge in [0.05, 0.1) is 12.1 Å². The van der Waals surface area contributed by atoms with E-state index in [-0.39, 0.29) is 18.0 Å². The summed E-state index contributed by atoms with van der Waals surface area (Å²) in [4.78, 5) is 14.2. The largest absolute Gasteiger partial charge is 0.348 e. The molecule has 0 saturated carbocycles. The van der Waals surface area contributed by atoms with Gasteiger partial charge < -0.3 is 5.32 Å². The second-order valence-corrected chi connectivity index (χ2v) is 4.78. The zero-order valence-corrected chi connectivity index (χ0v) is 10.5. The fourth-order valence-corrected chi connectivity index (χ4v) is 2.38. The molecule has 1 aliphatic heterocycles. The van der Waals surface area contributed by atoms with Crippen LogP contribution in [0.4, 0.5) is 0 Å². The summed E-state index contributed by atoms with van der Waals surface area (Å²) in [6.07, 6.45) is 2.10. The molecule has 92 valence electrons. The Hall–Kier alpha value is -1.35. The zero-order valence-electron chi connectivity index (χ0n) is 10.5. The number of hydrogen-bond acceptors (Lipinski definition) is 2. The quantitative estimate of drug-likeness (QED) is 0.864. The normalized spacial score (nSPS) is 22.4. The molecule has 17 heavy (non-hydrogen) atoms. The molecule has 0 bridgehead atoms. The van der Waals surface area contributed by atoms with Crippen LogP contribution in [0.25, 0.3) is 0 Å². The smallest absolute Gasteiger partial charge is 0.237 e. The van der Waals surface area contributed by atoms with Crippen molar-refractivity contribution in [3.63, 3.8) is 0 Å². The Morgan fingerprint density at radius 1 is 1.41 bits per heavy atom. The molecule has 1 amide bonds. The van der Waals surface area contributed by atoms with Crippen LogP contribution in [0.5, 0.6) is 0 Å². The van der Waals surface area contributed by atoms with Crippen LogP contribution in [0.2, 0.25) is 0 Å². The van der Waals surface area contributed by atoms with Crippen LogP contribution in [-0.2, 0) is 4.79 Å². The number of amides is 1. The lowest BCUT2D eigenvalue weighted by atomic mass is 10.1. The van der Waals surface area contributed by atoms with E-state index >= 15 is 0 Å². The first kappa shape index (κ1) is 12.1. The lowest BCUT2D eigenvalue weighted by Gasteiger charge is -2.22. The van der Waals surface area contributed by atoms with Gasteiger partial charge in [-0.15, -0.1) is 0 Å². The number of likely N-dealkylation sites (N-methyl/N-ethyl adjacent to an activating group) is 1. The fourth-order valence-electron chi connectivity index (χ4n) is 2.38. The second-order valence-electron chi connectivity index (χ2n) is 4.78. The van der Waals surface area contributed by atoms with Gasteiger partial charge in [0.1, 0.15) is 0 Å². The van der Waals surface area contributed by atoms with Gasteiger partial charge in [0.25, 0.3) is 0 Å². The molecular formula is C14H20N2O. The second kappa shape index (κ2) is 5.32. The van der Waals surface area contributed by atoms with E-state index in [1.54, 1.807) is 0 Å². The molecule has 1 aliphatic rings. The zero-order chi connectivity index (χ0) is 12.3. The van der Waals surface area contributed by atoms with Crippen molar-refractivity contribution < 1.29 is 4.79 Å². The van der Waals surface area contributed by atoms with E-state index in [1.165, 1.54) is 0 Å². The molecule has 1 N–H and O–H groups in total. The third-order valence-corrected chi connectivity index (χ3v) is 3.48. The number of benzene rings is 1. The minimum atomic E-state index is 0.0566. The Morgan fingerprint density at radius 3 is 2.71 bits per heavy atom. The third-order valence-electron chi connectivity index (χ3n) is 3.48. The van der Waals surface area contributed by atoms with E-state index in [0.29, 0.717) is 0 Å². The number of hydrogen-bond donors (Lipinski definition) is 1. The molecule has 0 spiro atoms. The van der Waals surface area contributed by atoms with Gasteiger partial charge in [-0.05, 0) is 38.9 Å². The van der Waals surface area contributed by atoms with Gasteiger partial charge in [-0.25, -0.2) is 0 Å². The van der Waals surface area contributed by atoms with Crippen molar-refractivity contribution >= 4 is 5.91 Å². The highest BCUT2D eigenvalue weighted by Gasteiger charge is 2.28. The Labute approximate surface area is 103 Å². The van der Waals surface area contributed by atoms with E-state index < -0.39 is 0 Å². The molecule has 1 aromatic rings. The monoisotopic (exact) mass is 232 g/mol. The highest BCUT2D eigenvalue weighted by molar-refractivity contribution is 5.82. The first-order chi connectivity index (χ1) is 8.18. The van der Waals surface area contributed by atoms with E-state index in [4.69, 9.17) is 0 Å². The Morgan fingerprint density at radius 2 is 2.12 bits per heavy atom. The molecular weight excluding hydrogens is 212 g/mol. The number of nitrogens with one attached hydrogen (secondary N) is 1. The summed E-state index contributed by atoms with van der Waals surface area (Å²) in [6, 6.07) is 10.2. The molecule has 3 heteroatoms. The van der Waals surface area contributed by atoms with Crippen LogP contribution in [0, 0.1) is 0 Å². The number of carbonyl (C=O) groups is 1. The predicted octanol–water partition coefficient (Wildman–Crippen LogP) is 1.96. The standard InChI is InChI=1S/C14H20N2O/c1-11(12-7-4-3-5-8-12)15-14(17)13-9-6-10-16(13)2/h3-5,7-8,11,13H,6,9-10H2,1-2H3,(H,15,17)/t11-,13-/m0/s1. The summed E-state index contributed by atoms with van der Waals surface area (Å²) in [7, 11) is 2.02. The minimum absolute atomic E-state index is 0.0566. The summed E-state index contributed by atoms with van der Waals surface area (Å²) in [5.74, 6) is 0.154. The Balaban J connectivity index is 1.95. The van der Waals surface area contributed by atoms with Crippen LogP contribution in [0.1, 0.15) is 31.4 Å². The number of nitrogens with zero attached hydrogens (tertiary/aromatic N) is 1. The predicted molar refractivity (Wildman–Crippen MR) is 68.7 cm³/mol. The van der Waals surface area contributed by atoms with Gasteiger partial charge in [-0.3, -0.25) is 9.69 Å². The number of carbonyl (C=O) groups excluding carboxylic acids is 1.